The van der Waals surface area contributed by atoms with Gasteiger partial charge >= 0.3 is 0 Å². The predicted molar refractivity (Wildman–Crippen MR) is 134 cm³/mol. The predicted octanol–water partition coefficient (Wildman–Crippen LogP) is 8.80. The molecule has 0 bridgehead atoms. The molecule has 1 atom stereocenters. The first-order chi connectivity index (χ1) is 14.4. The van der Waals surface area contributed by atoms with Crippen molar-refractivity contribution in [3.8, 4) is 5.75 Å². The first-order valence-corrected chi connectivity index (χ1v) is 12.9. The monoisotopic (exact) mass is 430 g/mol. The van der Waals surface area contributed by atoms with E-state index in [1.807, 2.05) is 12.1 Å². The molecular weight excluding hydrogens is 380 g/mol. The lowest BCUT2D eigenvalue weighted by Crippen LogP contribution is -2.61. The zero-order valence-corrected chi connectivity index (χ0v) is 21.7. The van der Waals surface area contributed by atoms with E-state index in [4.69, 9.17) is 4.74 Å². The third kappa shape index (κ3) is 6.73. The van der Waals surface area contributed by atoms with Crippen molar-refractivity contribution in [3.05, 3.63) is 29.8 Å². The van der Waals surface area contributed by atoms with E-state index < -0.39 is 5.79 Å². The van der Waals surface area contributed by atoms with Gasteiger partial charge in [0.15, 0.2) is 0 Å². The van der Waals surface area contributed by atoms with Gasteiger partial charge in [-0.05, 0) is 24.3 Å². The highest BCUT2D eigenvalue weighted by atomic mass is 16.6. The number of fused-ring (bicyclic) bond motifs is 1. The van der Waals surface area contributed by atoms with E-state index in [-0.39, 0.29) is 10.8 Å². The van der Waals surface area contributed by atoms with Crippen molar-refractivity contribution in [3.63, 3.8) is 0 Å². The summed E-state index contributed by atoms with van der Waals surface area (Å²) in [4.78, 5) is 0. The second-order valence-electron chi connectivity index (χ2n) is 12.2. The number of rotatable bonds is 12. The van der Waals surface area contributed by atoms with E-state index in [9.17, 15) is 5.11 Å². The third-order valence-corrected chi connectivity index (χ3v) is 8.07. The molecule has 1 aliphatic rings. The van der Waals surface area contributed by atoms with E-state index in [2.05, 4.69) is 60.6 Å². The van der Waals surface area contributed by atoms with Crippen molar-refractivity contribution in [1.29, 1.82) is 0 Å². The lowest BCUT2D eigenvalue weighted by molar-refractivity contribution is -0.248. The number of benzene rings is 1. The number of aliphatic hydroxyl groups is 1. The van der Waals surface area contributed by atoms with Gasteiger partial charge in [0, 0.05) is 22.8 Å². The summed E-state index contributed by atoms with van der Waals surface area (Å²) >= 11 is 0. The van der Waals surface area contributed by atoms with Crippen LogP contribution in [0.25, 0.3) is 0 Å². The minimum Gasteiger partial charge on any atom is -0.462 e. The van der Waals surface area contributed by atoms with Crippen LogP contribution in [0.4, 0.5) is 0 Å². The SMILES string of the molecule is CC(C)(C)CCCCCCCCCCCCC1(O)Oc2ccccc2C(C)(C)C1(C)C. The molecule has 1 aromatic carbocycles. The van der Waals surface area contributed by atoms with Crippen LogP contribution in [0.15, 0.2) is 24.3 Å². The number of ether oxygens (including phenoxy) is 1. The van der Waals surface area contributed by atoms with Crippen molar-refractivity contribution in [1.82, 2.24) is 0 Å². The van der Waals surface area contributed by atoms with Crippen LogP contribution in [0.5, 0.6) is 5.75 Å². The van der Waals surface area contributed by atoms with E-state index >= 15 is 0 Å². The lowest BCUT2D eigenvalue weighted by Gasteiger charge is -2.55. The molecule has 1 aromatic rings. The molecule has 0 saturated carbocycles. The van der Waals surface area contributed by atoms with Gasteiger partial charge in [-0.2, -0.15) is 0 Å². The van der Waals surface area contributed by atoms with Crippen LogP contribution in [0, 0.1) is 10.8 Å². The Hall–Kier alpha value is -1.02. The van der Waals surface area contributed by atoms with Gasteiger partial charge < -0.3 is 9.84 Å². The minimum atomic E-state index is -1.11. The standard InChI is InChI=1S/C29H50O2/c1-26(2,3)22-18-14-12-10-8-9-11-13-15-19-23-29(30)28(6,7)27(4,5)24-20-16-17-21-25(24)31-29/h16-17,20-21,30H,8-15,18-19,22-23H2,1-7H3. The second-order valence-corrected chi connectivity index (χ2v) is 12.2. The molecule has 0 amide bonds. The quantitative estimate of drug-likeness (QED) is 0.336. The molecule has 0 fully saturated rings. The summed E-state index contributed by atoms with van der Waals surface area (Å²) in [5, 5.41) is 11.6. The third-order valence-electron chi connectivity index (χ3n) is 8.07. The van der Waals surface area contributed by atoms with Crippen LogP contribution < -0.4 is 4.74 Å². The number of para-hydroxylation sites is 1. The zero-order chi connectivity index (χ0) is 23.2. The zero-order valence-electron chi connectivity index (χ0n) is 21.7. The summed E-state index contributed by atoms with van der Waals surface area (Å²) in [6.07, 6.45) is 15.1. The van der Waals surface area contributed by atoms with E-state index in [0.29, 0.717) is 11.8 Å². The van der Waals surface area contributed by atoms with Crippen molar-refractivity contribution in [2.75, 3.05) is 0 Å². The van der Waals surface area contributed by atoms with Gasteiger partial charge in [-0.3, -0.25) is 0 Å². The fourth-order valence-electron chi connectivity index (χ4n) is 5.00. The van der Waals surface area contributed by atoms with Gasteiger partial charge in [0.1, 0.15) is 5.75 Å². The molecule has 2 heteroatoms. The first kappa shape index (κ1) is 26.2. The van der Waals surface area contributed by atoms with Crippen LogP contribution in [0.3, 0.4) is 0 Å². The van der Waals surface area contributed by atoms with Crippen LogP contribution >= 0.6 is 0 Å². The fourth-order valence-corrected chi connectivity index (χ4v) is 5.00. The first-order valence-electron chi connectivity index (χ1n) is 12.9. The largest absolute Gasteiger partial charge is 0.462 e. The maximum Gasteiger partial charge on any atom is 0.214 e. The average Bonchev–Trinajstić information content (AvgIpc) is 2.67. The van der Waals surface area contributed by atoms with Gasteiger partial charge in [0.25, 0.3) is 0 Å². The average molecular weight is 431 g/mol. The van der Waals surface area contributed by atoms with Crippen molar-refractivity contribution in [2.24, 2.45) is 10.8 Å². The topological polar surface area (TPSA) is 29.5 Å². The Bertz CT molecular complexity index is 668. The van der Waals surface area contributed by atoms with Crippen LogP contribution in [0.2, 0.25) is 0 Å². The maximum absolute atomic E-state index is 11.6. The van der Waals surface area contributed by atoms with E-state index in [1.54, 1.807) is 0 Å². The van der Waals surface area contributed by atoms with Gasteiger partial charge in [0.05, 0.1) is 0 Å². The minimum absolute atomic E-state index is 0.149. The lowest BCUT2D eigenvalue weighted by atomic mass is 9.57. The molecule has 31 heavy (non-hydrogen) atoms. The summed E-state index contributed by atoms with van der Waals surface area (Å²) in [6, 6.07) is 8.20. The molecule has 1 heterocycles. The summed E-state index contributed by atoms with van der Waals surface area (Å²) in [5.41, 5.74) is 1.18. The molecule has 2 nitrogen and oxygen atoms in total. The number of hydrogen-bond donors (Lipinski definition) is 1. The second kappa shape index (κ2) is 10.7. The molecule has 0 aliphatic carbocycles. The summed E-state index contributed by atoms with van der Waals surface area (Å²) in [5.74, 6) is -0.269. The molecule has 2 rings (SSSR count). The Kier molecular flexibility index (Phi) is 9.08. The van der Waals surface area contributed by atoms with Gasteiger partial charge in [-0.25, -0.2) is 0 Å². The fraction of sp³-hybridized carbons (Fsp3) is 0.793. The Morgan fingerprint density at radius 3 is 1.77 bits per heavy atom. The molecule has 0 radical (unpaired) electrons. The highest BCUT2D eigenvalue weighted by molar-refractivity contribution is 5.43. The molecule has 1 aliphatic heterocycles. The number of hydrogen-bond acceptors (Lipinski definition) is 2. The van der Waals surface area contributed by atoms with Crippen molar-refractivity contribution >= 4 is 0 Å². The molecule has 0 aromatic heterocycles. The van der Waals surface area contributed by atoms with Gasteiger partial charge in [-0.1, -0.05) is 124 Å². The molecular formula is C29H50O2. The summed E-state index contributed by atoms with van der Waals surface area (Å²) in [7, 11) is 0. The normalized spacial score (nSPS) is 22.1. The van der Waals surface area contributed by atoms with Gasteiger partial charge in [-0.15, -0.1) is 0 Å². The van der Waals surface area contributed by atoms with E-state index in [1.165, 1.54) is 69.8 Å². The summed E-state index contributed by atoms with van der Waals surface area (Å²) < 4.78 is 6.24. The molecule has 1 N–H and O–H groups in total. The Morgan fingerprint density at radius 1 is 0.742 bits per heavy atom. The Labute approximate surface area is 193 Å². The molecule has 0 saturated heterocycles. The Morgan fingerprint density at radius 2 is 1.23 bits per heavy atom. The highest BCUT2D eigenvalue weighted by Gasteiger charge is 2.58. The Balaban J connectivity index is 1.65. The smallest absolute Gasteiger partial charge is 0.214 e. The van der Waals surface area contributed by atoms with Crippen molar-refractivity contribution in [2.45, 2.75) is 137 Å². The molecule has 178 valence electrons. The molecule has 0 spiro atoms. The highest BCUT2D eigenvalue weighted by Crippen LogP contribution is 2.56. The van der Waals surface area contributed by atoms with Crippen LogP contribution in [-0.4, -0.2) is 10.9 Å². The maximum atomic E-state index is 11.6. The van der Waals surface area contributed by atoms with Gasteiger partial charge in [0.2, 0.25) is 5.79 Å². The van der Waals surface area contributed by atoms with Crippen LogP contribution in [-0.2, 0) is 5.41 Å². The molecule has 1 unspecified atom stereocenters. The summed E-state index contributed by atoms with van der Waals surface area (Å²) in [6.45, 7) is 15.8. The van der Waals surface area contributed by atoms with Crippen molar-refractivity contribution < 1.29 is 9.84 Å². The number of unbranched alkanes of at least 4 members (excludes halogenated alkanes) is 9. The van der Waals surface area contributed by atoms with Crippen LogP contribution in [0.1, 0.15) is 131 Å². The van der Waals surface area contributed by atoms with E-state index in [0.717, 1.165) is 12.2 Å².